The van der Waals surface area contributed by atoms with Gasteiger partial charge in [-0.3, -0.25) is 4.79 Å². The molecule has 0 saturated carbocycles. The number of hydrogen-bond donors (Lipinski definition) is 1. The maximum atomic E-state index is 12.4. The molecule has 1 amide bonds. The number of rotatable bonds is 5. The molecule has 6 heteroatoms. The molecule has 0 radical (unpaired) electrons. The molecule has 6 nitrogen and oxygen atoms in total. The molecule has 0 saturated heterocycles. The lowest BCUT2D eigenvalue weighted by atomic mass is 10.1. The molecule has 0 aromatic rings. The normalized spacial score (nSPS) is 10.3. The quantitative estimate of drug-likeness (QED) is 0.852. The fraction of sp³-hybridized carbons (Fsp3) is 0.278. The summed E-state index contributed by atoms with van der Waals surface area (Å²) in [6.45, 7) is 5.04. The number of ether oxygens (including phenoxy) is 2. The van der Waals surface area contributed by atoms with Gasteiger partial charge < -0.3 is 14.8 Å². The van der Waals surface area contributed by atoms with E-state index in [0.29, 0.717) is 11.1 Å². The van der Waals surface area contributed by atoms with Crippen LogP contribution in [0.3, 0.4) is 0 Å². The van der Waals surface area contributed by atoms with Crippen LogP contribution in [-0.2, 0) is 14.3 Å². The molecule has 1 N–H and O–H groups in total. The zero-order chi connectivity index (χ0) is 17.7. The number of amides is 1. The Labute approximate surface area is 140 Å². The SMILES string of the molecule is CCOC(=O)c1c2cccccc-2c(C(=O)OCC)c1NC(C)=O. The van der Waals surface area contributed by atoms with Gasteiger partial charge in [-0.15, -0.1) is 0 Å². The fourth-order valence-electron chi connectivity index (χ4n) is 2.51. The van der Waals surface area contributed by atoms with Gasteiger partial charge in [-0.2, -0.15) is 0 Å². The van der Waals surface area contributed by atoms with Gasteiger partial charge in [0.2, 0.25) is 5.91 Å². The van der Waals surface area contributed by atoms with Crippen molar-refractivity contribution in [2.24, 2.45) is 0 Å². The van der Waals surface area contributed by atoms with E-state index in [1.807, 2.05) is 0 Å². The molecular formula is C18H19NO5. The largest absolute Gasteiger partial charge is 0.462 e. The molecule has 0 bridgehead atoms. The van der Waals surface area contributed by atoms with Crippen LogP contribution in [0.25, 0.3) is 11.1 Å². The molecule has 2 aliphatic rings. The fourth-order valence-corrected chi connectivity index (χ4v) is 2.51. The van der Waals surface area contributed by atoms with E-state index in [4.69, 9.17) is 9.47 Å². The third-order valence-corrected chi connectivity index (χ3v) is 3.34. The predicted octanol–water partition coefficient (Wildman–Crippen LogP) is 3.10. The van der Waals surface area contributed by atoms with E-state index >= 15 is 0 Å². The van der Waals surface area contributed by atoms with E-state index in [1.165, 1.54) is 6.92 Å². The Kier molecular flexibility index (Phi) is 5.52. The maximum absolute atomic E-state index is 12.4. The number of hydrogen-bond acceptors (Lipinski definition) is 5. The summed E-state index contributed by atoms with van der Waals surface area (Å²) in [6.07, 6.45) is 0. The molecular weight excluding hydrogens is 310 g/mol. The number of nitrogens with one attached hydrogen (secondary N) is 1. The smallest absolute Gasteiger partial charge is 0.340 e. The van der Waals surface area contributed by atoms with E-state index in [1.54, 1.807) is 44.2 Å². The molecule has 0 heterocycles. The van der Waals surface area contributed by atoms with Crippen molar-refractivity contribution in [3.05, 3.63) is 41.5 Å². The van der Waals surface area contributed by atoms with Crippen LogP contribution in [0.1, 0.15) is 41.5 Å². The Hall–Kier alpha value is -2.89. The van der Waals surface area contributed by atoms with Gasteiger partial charge in [0.15, 0.2) is 0 Å². The summed E-state index contributed by atoms with van der Waals surface area (Å²) in [7, 11) is 0. The summed E-state index contributed by atoms with van der Waals surface area (Å²) in [5, 5.41) is 2.58. The van der Waals surface area contributed by atoms with Gasteiger partial charge in [-0.25, -0.2) is 9.59 Å². The van der Waals surface area contributed by atoms with Gasteiger partial charge in [0.05, 0.1) is 30.0 Å². The minimum Gasteiger partial charge on any atom is -0.462 e. The van der Waals surface area contributed by atoms with Gasteiger partial charge in [0, 0.05) is 6.92 Å². The molecule has 0 fully saturated rings. The Morgan fingerprint density at radius 1 is 0.875 bits per heavy atom. The predicted molar refractivity (Wildman–Crippen MR) is 89.3 cm³/mol. The van der Waals surface area contributed by atoms with Crippen LogP contribution in [0.4, 0.5) is 5.69 Å². The van der Waals surface area contributed by atoms with Crippen LogP contribution in [0.15, 0.2) is 30.3 Å². The third kappa shape index (κ3) is 3.37. The maximum Gasteiger partial charge on any atom is 0.340 e. The summed E-state index contributed by atoms with van der Waals surface area (Å²) in [4.78, 5) is 36.5. The summed E-state index contributed by atoms with van der Waals surface area (Å²) in [5.41, 5.74) is 1.47. The first-order valence-corrected chi connectivity index (χ1v) is 7.67. The lowest BCUT2D eigenvalue weighted by molar-refractivity contribution is -0.114. The van der Waals surface area contributed by atoms with Crippen molar-refractivity contribution in [2.45, 2.75) is 20.8 Å². The second-order valence-electron chi connectivity index (χ2n) is 4.99. The molecule has 0 unspecified atom stereocenters. The van der Waals surface area contributed by atoms with Crippen LogP contribution in [0.2, 0.25) is 0 Å². The highest BCUT2D eigenvalue weighted by Crippen LogP contribution is 2.41. The molecule has 2 rings (SSSR count). The molecule has 0 aromatic carbocycles. The van der Waals surface area contributed by atoms with Gasteiger partial charge in [0.25, 0.3) is 0 Å². The molecule has 126 valence electrons. The van der Waals surface area contributed by atoms with E-state index in [9.17, 15) is 14.4 Å². The number of anilines is 1. The highest BCUT2D eigenvalue weighted by atomic mass is 16.5. The molecule has 0 spiro atoms. The average molecular weight is 329 g/mol. The number of esters is 2. The first-order valence-electron chi connectivity index (χ1n) is 7.67. The van der Waals surface area contributed by atoms with Crippen LogP contribution >= 0.6 is 0 Å². The van der Waals surface area contributed by atoms with Crippen LogP contribution in [0.5, 0.6) is 0 Å². The van der Waals surface area contributed by atoms with Gasteiger partial charge in [-0.05, 0) is 25.0 Å². The number of carbonyl (C=O) groups is 3. The Bertz CT molecular complexity index is 701. The van der Waals surface area contributed by atoms with Gasteiger partial charge in [-0.1, -0.05) is 30.3 Å². The topological polar surface area (TPSA) is 81.7 Å². The highest BCUT2D eigenvalue weighted by molar-refractivity contribution is 6.18. The lowest BCUT2D eigenvalue weighted by Gasteiger charge is -2.08. The average Bonchev–Trinajstić information content (AvgIpc) is 2.65. The molecule has 0 atom stereocenters. The van der Waals surface area contributed by atoms with Crippen LogP contribution in [0, 0.1) is 0 Å². The standard InChI is InChI=1S/C18H19NO5/c1-4-23-17(21)14-12-9-7-6-8-10-13(12)15(18(22)24-5-2)16(14)19-11(3)20/h6-10H,4-5H2,1-3H3,(H,19,20). The molecule has 24 heavy (non-hydrogen) atoms. The van der Waals surface area contributed by atoms with Crippen molar-refractivity contribution in [1.82, 2.24) is 0 Å². The van der Waals surface area contributed by atoms with Crippen molar-refractivity contribution in [3.8, 4) is 11.1 Å². The second kappa shape index (κ2) is 7.59. The van der Waals surface area contributed by atoms with Crippen molar-refractivity contribution >= 4 is 23.5 Å². The van der Waals surface area contributed by atoms with E-state index in [-0.39, 0.29) is 30.0 Å². The minimum atomic E-state index is -0.604. The second-order valence-corrected chi connectivity index (χ2v) is 4.99. The minimum absolute atomic E-state index is 0.126. The van der Waals surface area contributed by atoms with Crippen molar-refractivity contribution in [3.63, 3.8) is 0 Å². The Morgan fingerprint density at radius 3 is 1.71 bits per heavy atom. The summed E-state index contributed by atoms with van der Waals surface area (Å²) < 4.78 is 10.2. The molecule has 0 aromatic heterocycles. The lowest BCUT2D eigenvalue weighted by Crippen LogP contribution is -2.15. The van der Waals surface area contributed by atoms with Gasteiger partial charge >= 0.3 is 11.9 Å². The van der Waals surface area contributed by atoms with Crippen LogP contribution < -0.4 is 5.32 Å². The monoisotopic (exact) mass is 329 g/mol. The molecule has 2 aliphatic carbocycles. The Morgan fingerprint density at radius 2 is 1.33 bits per heavy atom. The van der Waals surface area contributed by atoms with Crippen molar-refractivity contribution < 1.29 is 23.9 Å². The summed E-state index contributed by atoms with van der Waals surface area (Å²) in [5.74, 6) is -1.60. The zero-order valence-electron chi connectivity index (χ0n) is 13.8. The zero-order valence-corrected chi connectivity index (χ0v) is 13.8. The first-order chi connectivity index (χ1) is 11.5. The Balaban J connectivity index is 2.80. The van der Waals surface area contributed by atoms with Crippen molar-refractivity contribution in [1.29, 1.82) is 0 Å². The molecule has 0 aliphatic heterocycles. The van der Waals surface area contributed by atoms with E-state index in [0.717, 1.165) is 0 Å². The summed E-state index contributed by atoms with van der Waals surface area (Å²) in [6, 6.07) is 8.68. The number of carbonyl (C=O) groups excluding carboxylic acids is 3. The van der Waals surface area contributed by atoms with E-state index < -0.39 is 17.8 Å². The van der Waals surface area contributed by atoms with Crippen LogP contribution in [-0.4, -0.2) is 31.1 Å². The highest BCUT2D eigenvalue weighted by Gasteiger charge is 2.32. The van der Waals surface area contributed by atoms with E-state index in [2.05, 4.69) is 5.32 Å². The third-order valence-electron chi connectivity index (χ3n) is 3.34. The van der Waals surface area contributed by atoms with Gasteiger partial charge in [0.1, 0.15) is 0 Å². The van der Waals surface area contributed by atoms with Crippen molar-refractivity contribution in [2.75, 3.05) is 18.5 Å². The first kappa shape index (κ1) is 17.5. The number of fused-ring (bicyclic) bond motifs is 1. The summed E-state index contributed by atoms with van der Waals surface area (Å²) >= 11 is 0.